The van der Waals surface area contributed by atoms with Gasteiger partial charge in [0.2, 0.25) is 15.9 Å². The highest BCUT2D eigenvalue weighted by Crippen LogP contribution is 2.30. The van der Waals surface area contributed by atoms with Crippen molar-refractivity contribution in [2.24, 2.45) is 0 Å². The number of pyridine rings is 1. The fraction of sp³-hybridized carbons (Fsp3) is 0.565. The summed E-state index contributed by atoms with van der Waals surface area (Å²) in [6.07, 6.45) is 2.26. The second-order valence-electron chi connectivity index (χ2n) is 8.52. The van der Waals surface area contributed by atoms with Crippen molar-refractivity contribution in [1.82, 2.24) is 33.9 Å². The van der Waals surface area contributed by atoms with E-state index in [1.165, 1.54) is 16.6 Å². The molecule has 196 valence electrons. The minimum absolute atomic E-state index is 0.000305. The van der Waals surface area contributed by atoms with Crippen molar-refractivity contribution in [3.63, 3.8) is 0 Å². The van der Waals surface area contributed by atoms with Gasteiger partial charge in [-0.3, -0.25) is 9.48 Å². The number of rotatable bonds is 10. The summed E-state index contributed by atoms with van der Waals surface area (Å²) in [6.45, 7) is 9.59. The van der Waals surface area contributed by atoms with Gasteiger partial charge in [0.1, 0.15) is 16.2 Å². The number of aliphatic hydroxyl groups is 1. The molecule has 13 heteroatoms. The van der Waals surface area contributed by atoms with E-state index in [-0.39, 0.29) is 40.9 Å². The van der Waals surface area contributed by atoms with E-state index < -0.39 is 15.6 Å². The lowest BCUT2D eigenvalue weighted by molar-refractivity contribution is 0.196. The Labute approximate surface area is 210 Å². The van der Waals surface area contributed by atoms with Gasteiger partial charge in [-0.05, 0) is 26.0 Å². The first-order valence-corrected chi connectivity index (χ1v) is 13.7. The third kappa shape index (κ3) is 5.01. The van der Waals surface area contributed by atoms with Gasteiger partial charge in [-0.1, -0.05) is 13.8 Å². The Kier molecular flexibility index (Phi) is 8.03. The molecule has 1 aliphatic heterocycles. The van der Waals surface area contributed by atoms with Crippen LogP contribution in [0.5, 0.6) is 5.88 Å². The van der Waals surface area contributed by atoms with Gasteiger partial charge >= 0.3 is 0 Å². The van der Waals surface area contributed by atoms with Crippen molar-refractivity contribution in [3.8, 4) is 17.3 Å². The summed E-state index contributed by atoms with van der Waals surface area (Å²) in [7, 11) is -3.82. The molecular formula is C23H33N7O5S. The number of H-pyrrole nitrogens is 1. The molecule has 4 heterocycles. The number of nitrogens with one attached hydrogen (secondary N) is 1. The molecule has 1 saturated heterocycles. The Hall–Kier alpha value is -2.87. The Morgan fingerprint density at radius 3 is 2.50 bits per heavy atom. The molecule has 0 saturated carbocycles. The highest BCUT2D eigenvalue weighted by molar-refractivity contribution is 7.89. The topological polar surface area (TPSA) is 147 Å². The van der Waals surface area contributed by atoms with Crippen LogP contribution in [-0.2, 0) is 23.0 Å². The molecule has 1 fully saturated rings. The molecule has 0 radical (unpaired) electrons. The maximum atomic E-state index is 13.4. The van der Waals surface area contributed by atoms with E-state index in [4.69, 9.17) is 9.84 Å². The lowest BCUT2D eigenvalue weighted by atomic mass is 10.2. The van der Waals surface area contributed by atoms with Crippen LogP contribution in [0, 0.1) is 0 Å². The molecule has 0 spiro atoms. The van der Waals surface area contributed by atoms with Crippen molar-refractivity contribution < 1.29 is 18.3 Å². The third-order valence-electron chi connectivity index (χ3n) is 6.37. The predicted octanol–water partition coefficient (Wildman–Crippen LogP) is 0.851. The Morgan fingerprint density at radius 1 is 1.11 bits per heavy atom. The largest absolute Gasteiger partial charge is 0.477 e. The van der Waals surface area contributed by atoms with E-state index in [0.29, 0.717) is 51.1 Å². The van der Waals surface area contributed by atoms with Gasteiger partial charge in [0.25, 0.3) is 5.56 Å². The Balaban J connectivity index is 1.81. The summed E-state index contributed by atoms with van der Waals surface area (Å²) in [4.78, 5) is 26.8. The molecule has 0 atom stereocenters. The van der Waals surface area contributed by atoms with Crippen LogP contribution in [0.1, 0.15) is 32.9 Å². The minimum atomic E-state index is -3.82. The van der Waals surface area contributed by atoms with Crippen LogP contribution in [0.3, 0.4) is 0 Å². The van der Waals surface area contributed by atoms with Crippen LogP contribution < -0.4 is 10.3 Å². The van der Waals surface area contributed by atoms with Crippen LogP contribution in [0.4, 0.5) is 0 Å². The van der Waals surface area contributed by atoms with E-state index in [2.05, 4.69) is 31.9 Å². The number of aliphatic hydroxyl groups excluding tert-OH is 1. The van der Waals surface area contributed by atoms with Gasteiger partial charge in [0.15, 0.2) is 5.52 Å². The summed E-state index contributed by atoms with van der Waals surface area (Å²) in [5.41, 5.74) is 1.33. The fourth-order valence-electron chi connectivity index (χ4n) is 4.33. The molecule has 0 aromatic carbocycles. The normalized spacial score (nSPS) is 15.6. The number of likely N-dealkylation sites (N-methyl/N-ethyl adjacent to an activating group) is 1. The van der Waals surface area contributed by atoms with E-state index in [9.17, 15) is 13.2 Å². The number of aryl methyl sites for hydroxylation is 2. The zero-order valence-corrected chi connectivity index (χ0v) is 21.7. The number of sulfonamides is 1. The van der Waals surface area contributed by atoms with Gasteiger partial charge in [-0.2, -0.15) is 9.40 Å². The second-order valence-corrected chi connectivity index (χ2v) is 10.5. The molecule has 0 bridgehead atoms. The quantitative estimate of drug-likeness (QED) is 0.372. The third-order valence-corrected chi connectivity index (χ3v) is 8.24. The van der Waals surface area contributed by atoms with E-state index in [1.54, 1.807) is 4.68 Å². The Bertz CT molecular complexity index is 1380. The van der Waals surface area contributed by atoms with Crippen LogP contribution in [0.2, 0.25) is 0 Å². The first-order chi connectivity index (χ1) is 17.3. The number of aromatic nitrogens is 5. The Morgan fingerprint density at radius 2 is 1.86 bits per heavy atom. The zero-order valence-electron chi connectivity index (χ0n) is 20.9. The minimum Gasteiger partial charge on any atom is -0.477 e. The number of hydrogen-bond acceptors (Lipinski definition) is 9. The highest BCUT2D eigenvalue weighted by Gasteiger charge is 2.30. The number of ether oxygens (including phenoxy) is 1. The van der Waals surface area contributed by atoms with Crippen molar-refractivity contribution >= 4 is 21.1 Å². The molecule has 4 rings (SSSR count). The molecule has 3 aromatic rings. The van der Waals surface area contributed by atoms with E-state index in [1.807, 2.05) is 13.8 Å². The van der Waals surface area contributed by atoms with Gasteiger partial charge in [0, 0.05) is 45.8 Å². The molecule has 0 unspecified atom stereocenters. The second kappa shape index (κ2) is 11.0. The maximum absolute atomic E-state index is 13.4. The fourth-order valence-corrected chi connectivity index (χ4v) is 5.73. The standard InChI is InChI=1S/C23H33N7O5S/c1-4-18-19-20(27-30(18)6-3)22(32)26-21(25-19)17-14-16(15-24-23(17)35-13-7-12-31)36(33,34)29-10-8-28(5-2)9-11-29/h14-15,31H,4-13H2,1-3H3,(H,25,26,32). The number of piperazine rings is 1. The maximum Gasteiger partial charge on any atom is 0.279 e. The van der Waals surface area contributed by atoms with Crippen LogP contribution in [0.25, 0.3) is 22.4 Å². The van der Waals surface area contributed by atoms with Crippen molar-refractivity contribution in [2.45, 2.75) is 45.1 Å². The van der Waals surface area contributed by atoms with Crippen molar-refractivity contribution in [2.75, 3.05) is 45.9 Å². The van der Waals surface area contributed by atoms with Crippen molar-refractivity contribution in [1.29, 1.82) is 0 Å². The SMILES string of the molecule is CCc1c2nc(-c3cc(S(=O)(=O)N4CCN(CC)CC4)cnc3OCCCO)[nH]c(=O)c2nn1CC. The molecule has 12 nitrogen and oxygen atoms in total. The van der Waals surface area contributed by atoms with Crippen LogP contribution in [0.15, 0.2) is 22.0 Å². The lowest BCUT2D eigenvalue weighted by Crippen LogP contribution is -2.48. The summed E-state index contributed by atoms with van der Waals surface area (Å²) < 4.78 is 35.8. The average Bonchev–Trinajstić information content (AvgIpc) is 3.27. The van der Waals surface area contributed by atoms with E-state index >= 15 is 0 Å². The molecule has 3 aromatic heterocycles. The van der Waals surface area contributed by atoms with E-state index in [0.717, 1.165) is 12.2 Å². The van der Waals surface area contributed by atoms with Gasteiger partial charge in [-0.25, -0.2) is 18.4 Å². The van der Waals surface area contributed by atoms with Gasteiger partial charge in [0.05, 0.1) is 24.1 Å². The molecule has 1 aliphatic rings. The number of hydrogen-bond donors (Lipinski definition) is 2. The molecule has 0 aliphatic carbocycles. The number of nitrogens with zero attached hydrogens (tertiary/aromatic N) is 6. The molecule has 2 N–H and O–H groups in total. The first-order valence-electron chi connectivity index (χ1n) is 12.3. The van der Waals surface area contributed by atoms with Crippen molar-refractivity contribution in [3.05, 3.63) is 28.3 Å². The summed E-state index contributed by atoms with van der Waals surface area (Å²) >= 11 is 0. The monoisotopic (exact) mass is 519 g/mol. The molecule has 36 heavy (non-hydrogen) atoms. The van der Waals surface area contributed by atoms with Crippen LogP contribution >= 0.6 is 0 Å². The van der Waals surface area contributed by atoms with Crippen LogP contribution in [-0.4, -0.2) is 93.4 Å². The number of fused-ring (bicyclic) bond motifs is 1. The summed E-state index contributed by atoms with van der Waals surface area (Å²) in [5.74, 6) is 0.277. The summed E-state index contributed by atoms with van der Waals surface area (Å²) in [5, 5.41) is 13.5. The van der Waals surface area contributed by atoms with Gasteiger partial charge < -0.3 is 19.7 Å². The summed E-state index contributed by atoms with van der Waals surface area (Å²) in [6, 6.07) is 1.45. The zero-order chi connectivity index (χ0) is 25.9. The number of aromatic amines is 1. The molecular weight excluding hydrogens is 486 g/mol. The average molecular weight is 520 g/mol. The molecule has 0 amide bonds. The predicted molar refractivity (Wildman–Crippen MR) is 135 cm³/mol. The smallest absolute Gasteiger partial charge is 0.279 e. The van der Waals surface area contributed by atoms with Gasteiger partial charge in [-0.15, -0.1) is 0 Å². The highest BCUT2D eigenvalue weighted by atomic mass is 32.2. The first kappa shape index (κ1) is 26.2. The lowest BCUT2D eigenvalue weighted by Gasteiger charge is -2.33.